The zero-order valence-corrected chi connectivity index (χ0v) is 15.3. The van der Waals surface area contributed by atoms with Crippen LogP contribution in [0.3, 0.4) is 0 Å². The number of nitrogens with one attached hydrogen (secondary N) is 1. The van der Waals surface area contributed by atoms with Gasteiger partial charge in [-0.1, -0.05) is 6.07 Å². The van der Waals surface area contributed by atoms with Crippen molar-refractivity contribution in [2.45, 2.75) is 19.9 Å². The van der Waals surface area contributed by atoms with Gasteiger partial charge in [-0.25, -0.2) is 4.98 Å². The Hall–Kier alpha value is -3.22. The number of amides is 1. The van der Waals surface area contributed by atoms with Crippen molar-refractivity contribution in [3.05, 3.63) is 42.2 Å². The highest BCUT2D eigenvalue weighted by molar-refractivity contribution is 5.92. The predicted octanol–water partition coefficient (Wildman–Crippen LogP) is 3.15. The van der Waals surface area contributed by atoms with Crippen LogP contribution in [0, 0.1) is 6.92 Å². The number of benzene rings is 2. The maximum atomic E-state index is 12.6. The molecule has 0 unspecified atom stereocenters. The molecular weight excluding hydrogens is 346 g/mol. The number of hydrogen-bond donors (Lipinski definition) is 1. The molecule has 1 aliphatic rings. The summed E-state index contributed by atoms with van der Waals surface area (Å²) in [4.78, 5) is 17.1. The minimum Gasteiger partial charge on any atom is -0.497 e. The van der Waals surface area contributed by atoms with Crippen molar-refractivity contribution in [1.82, 2.24) is 9.55 Å². The third-order valence-electron chi connectivity index (χ3n) is 4.46. The summed E-state index contributed by atoms with van der Waals surface area (Å²) in [5, 5.41) is 2.90. The lowest BCUT2D eigenvalue weighted by atomic mass is 10.2. The smallest absolute Gasteiger partial charge is 0.244 e. The van der Waals surface area contributed by atoms with E-state index in [1.807, 2.05) is 41.8 Å². The van der Waals surface area contributed by atoms with E-state index in [1.165, 1.54) is 0 Å². The lowest BCUT2D eigenvalue weighted by molar-refractivity contribution is -0.116. The Morgan fingerprint density at radius 3 is 2.78 bits per heavy atom. The van der Waals surface area contributed by atoms with Crippen LogP contribution in [0.1, 0.15) is 12.2 Å². The zero-order chi connectivity index (χ0) is 18.8. The Morgan fingerprint density at radius 2 is 2.00 bits per heavy atom. The topological polar surface area (TPSA) is 74.6 Å². The van der Waals surface area contributed by atoms with Crippen LogP contribution < -0.4 is 19.5 Å². The van der Waals surface area contributed by atoms with Crippen LogP contribution in [-0.4, -0.2) is 35.8 Å². The quantitative estimate of drug-likeness (QED) is 0.767. The first-order valence-electron chi connectivity index (χ1n) is 8.84. The van der Waals surface area contributed by atoms with Gasteiger partial charge in [0.15, 0.2) is 11.5 Å². The number of hydrogen-bond acceptors (Lipinski definition) is 5. The first kappa shape index (κ1) is 17.2. The van der Waals surface area contributed by atoms with Gasteiger partial charge >= 0.3 is 0 Å². The van der Waals surface area contributed by atoms with Gasteiger partial charge in [0.1, 0.15) is 18.1 Å². The molecule has 0 fully saturated rings. The second kappa shape index (κ2) is 7.19. The van der Waals surface area contributed by atoms with Gasteiger partial charge in [0.2, 0.25) is 5.91 Å². The largest absolute Gasteiger partial charge is 0.497 e. The number of ether oxygens (including phenoxy) is 3. The number of nitrogens with zero attached hydrogens (tertiary/aromatic N) is 2. The molecule has 1 N–H and O–H groups in total. The highest BCUT2D eigenvalue weighted by atomic mass is 16.5. The van der Waals surface area contributed by atoms with Gasteiger partial charge in [-0.3, -0.25) is 4.79 Å². The third kappa shape index (κ3) is 3.53. The number of aryl methyl sites for hydroxylation is 1. The maximum Gasteiger partial charge on any atom is 0.244 e. The van der Waals surface area contributed by atoms with Gasteiger partial charge in [-0.15, -0.1) is 0 Å². The number of fused-ring (bicyclic) bond motifs is 2. The van der Waals surface area contributed by atoms with Crippen molar-refractivity contribution in [3.63, 3.8) is 0 Å². The molecule has 27 heavy (non-hydrogen) atoms. The molecule has 4 rings (SSSR count). The summed E-state index contributed by atoms with van der Waals surface area (Å²) >= 11 is 0. The van der Waals surface area contributed by atoms with Gasteiger partial charge in [0, 0.05) is 30.3 Å². The van der Waals surface area contributed by atoms with Gasteiger partial charge in [0.05, 0.1) is 31.4 Å². The molecule has 0 spiro atoms. The molecule has 1 aliphatic heterocycles. The lowest BCUT2D eigenvalue weighted by Gasteiger charge is -2.11. The van der Waals surface area contributed by atoms with E-state index in [0.29, 0.717) is 36.1 Å². The number of rotatable bonds is 4. The average molecular weight is 367 g/mol. The Kier molecular flexibility index (Phi) is 4.58. The van der Waals surface area contributed by atoms with Gasteiger partial charge in [-0.05, 0) is 19.1 Å². The normalized spacial score (nSPS) is 13.3. The van der Waals surface area contributed by atoms with Gasteiger partial charge in [0.25, 0.3) is 0 Å². The van der Waals surface area contributed by atoms with Crippen LogP contribution in [-0.2, 0) is 11.3 Å². The highest BCUT2D eigenvalue weighted by Gasteiger charge is 2.17. The van der Waals surface area contributed by atoms with E-state index in [1.54, 1.807) is 13.2 Å². The molecule has 2 aromatic carbocycles. The van der Waals surface area contributed by atoms with E-state index >= 15 is 0 Å². The van der Waals surface area contributed by atoms with E-state index in [4.69, 9.17) is 14.2 Å². The Morgan fingerprint density at radius 1 is 1.22 bits per heavy atom. The highest BCUT2D eigenvalue weighted by Crippen LogP contribution is 2.34. The van der Waals surface area contributed by atoms with Crippen LogP contribution in [0.4, 0.5) is 5.69 Å². The van der Waals surface area contributed by atoms with Crippen molar-refractivity contribution < 1.29 is 19.0 Å². The summed E-state index contributed by atoms with van der Waals surface area (Å²) in [6.45, 7) is 3.27. The summed E-state index contributed by atoms with van der Waals surface area (Å²) in [7, 11) is 1.59. The van der Waals surface area contributed by atoms with E-state index < -0.39 is 0 Å². The Labute approximate surface area is 156 Å². The fraction of sp³-hybridized carbons (Fsp3) is 0.300. The van der Waals surface area contributed by atoms with Crippen LogP contribution in [0.25, 0.3) is 11.0 Å². The van der Waals surface area contributed by atoms with Crippen molar-refractivity contribution in [2.75, 3.05) is 25.6 Å². The summed E-state index contributed by atoms with van der Waals surface area (Å²) < 4.78 is 18.6. The van der Waals surface area contributed by atoms with Crippen LogP contribution in [0.2, 0.25) is 0 Å². The Balaban J connectivity index is 1.60. The number of anilines is 1. The second-order valence-electron chi connectivity index (χ2n) is 6.36. The summed E-state index contributed by atoms with van der Waals surface area (Å²) in [5.41, 5.74) is 2.32. The molecule has 0 aliphatic carbocycles. The lowest BCUT2D eigenvalue weighted by Crippen LogP contribution is -2.19. The minimum atomic E-state index is -0.141. The SMILES string of the molecule is COc1cccc(NC(=O)Cn2c(C)nc3cc4c(cc32)OCCCO4)c1. The summed E-state index contributed by atoms with van der Waals surface area (Å²) in [5.74, 6) is 2.69. The molecule has 7 heteroatoms. The predicted molar refractivity (Wildman–Crippen MR) is 102 cm³/mol. The molecule has 7 nitrogen and oxygen atoms in total. The van der Waals surface area contributed by atoms with Gasteiger partial charge < -0.3 is 24.1 Å². The number of aromatic nitrogens is 2. The first-order valence-corrected chi connectivity index (χ1v) is 8.84. The monoisotopic (exact) mass is 367 g/mol. The number of methoxy groups -OCH3 is 1. The first-order chi connectivity index (χ1) is 13.1. The third-order valence-corrected chi connectivity index (χ3v) is 4.46. The molecule has 140 valence electrons. The molecule has 0 atom stereocenters. The maximum absolute atomic E-state index is 12.6. The minimum absolute atomic E-state index is 0.141. The van der Waals surface area contributed by atoms with Crippen molar-refractivity contribution in [2.24, 2.45) is 0 Å². The molecule has 0 radical (unpaired) electrons. The molecular formula is C20H21N3O4. The molecule has 3 aromatic rings. The average Bonchev–Trinajstić information content (AvgIpc) is 2.83. The van der Waals surface area contributed by atoms with E-state index in [2.05, 4.69) is 10.3 Å². The van der Waals surface area contributed by atoms with Crippen molar-refractivity contribution in [1.29, 1.82) is 0 Å². The van der Waals surface area contributed by atoms with Crippen molar-refractivity contribution >= 4 is 22.6 Å². The summed E-state index contributed by atoms with van der Waals surface area (Å²) in [6.07, 6.45) is 0.842. The summed E-state index contributed by atoms with van der Waals surface area (Å²) in [6, 6.07) is 11.0. The second-order valence-corrected chi connectivity index (χ2v) is 6.36. The van der Waals surface area contributed by atoms with Gasteiger partial charge in [-0.2, -0.15) is 0 Å². The molecule has 1 amide bonds. The fourth-order valence-electron chi connectivity index (χ4n) is 3.15. The van der Waals surface area contributed by atoms with Crippen LogP contribution >= 0.6 is 0 Å². The number of imidazole rings is 1. The standard InChI is InChI=1S/C20H21N3O4/c1-13-21-16-10-18-19(27-8-4-7-26-18)11-17(16)23(13)12-20(24)22-14-5-3-6-15(9-14)25-2/h3,5-6,9-11H,4,7-8,12H2,1-2H3,(H,22,24). The Bertz CT molecular complexity index is 996. The van der Waals surface area contributed by atoms with Crippen LogP contribution in [0.15, 0.2) is 36.4 Å². The van der Waals surface area contributed by atoms with E-state index in [9.17, 15) is 4.79 Å². The molecule has 0 saturated heterocycles. The molecule has 0 saturated carbocycles. The van der Waals surface area contributed by atoms with Crippen molar-refractivity contribution in [3.8, 4) is 17.2 Å². The van der Waals surface area contributed by atoms with E-state index in [-0.39, 0.29) is 12.5 Å². The molecule has 1 aromatic heterocycles. The zero-order valence-electron chi connectivity index (χ0n) is 15.3. The fourth-order valence-corrected chi connectivity index (χ4v) is 3.15. The molecule has 2 heterocycles. The number of carbonyl (C=O) groups excluding carboxylic acids is 1. The number of carbonyl (C=O) groups is 1. The molecule has 0 bridgehead atoms. The van der Waals surface area contributed by atoms with Crippen LogP contribution in [0.5, 0.6) is 17.2 Å². The van der Waals surface area contributed by atoms with E-state index in [0.717, 1.165) is 23.3 Å².